The number of carbonyl (C=O) groups excluding carboxylic acids is 2. The number of likely N-dealkylation sites (N-methyl/N-ethyl adjacent to an activating group) is 1. The van der Waals surface area contributed by atoms with Crippen LogP contribution in [0, 0.1) is 11.8 Å². The van der Waals surface area contributed by atoms with Gasteiger partial charge in [0.2, 0.25) is 0 Å². The lowest BCUT2D eigenvalue weighted by atomic mass is 10.2. The lowest BCUT2D eigenvalue weighted by molar-refractivity contribution is -0.149. The summed E-state index contributed by atoms with van der Waals surface area (Å²) in [4.78, 5) is 51.8. The zero-order valence-electron chi connectivity index (χ0n) is 15.7. The van der Waals surface area contributed by atoms with E-state index < -0.39 is 29.7 Å². The Kier molecular flexibility index (Phi) is 5.34. The highest BCUT2D eigenvalue weighted by molar-refractivity contribution is 5.96. The summed E-state index contributed by atoms with van der Waals surface area (Å²) >= 11 is 0. The summed E-state index contributed by atoms with van der Waals surface area (Å²) in [6.07, 6.45) is 0.750. The van der Waals surface area contributed by atoms with Crippen LogP contribution in [0.1, 0.15) is 18.9 Å². The van der Waals surface area contributed by atoms with Crippen LogP contribution in [-0.2, 0) is 20.9 Å². The Balaban J connectivity index is 1.81. The molecule has 2 aromatic rings. The van der Waals surface area contributed by atoms with Gasteiger partial charge in [0.15, 0.2) is 12.3 Å². The van der Waals surface area contributed by atoms with E-state index in [1.54, 1.807) is 0 Å². The number of hydrogen-bond donors (Lipinski definition) is 2. The van der Waals surface area contributed by atoms with Crippen LogP contribution in [0.3, 0.4) is 0 Å². The smallest absolute Gasteiger partial charge is 0.330 e. The number of nitrogens with one attached hydrogen (secondary N) is 1. The number of esters is 1. The SMILES string of the molecule is C[C@H]1C[C@@H]1C(=O)OCC(=O)N(C)c1c(N)n(Cc2ccccc2)c(=O)[nH]c1=O. The molecule has 0 spiro atoms. The van der Waals surface area contributed by atoms with Crippen molar-refractivity contribution in [3.8, 4) is 0 Å². The number of carbonyl (C=O) groups is 2. The molecule has 1 heterocycles. The van der Waals surface area contributed by atoms with E-state index in [-0.39, 0.29) is 29.9 Å². The van der Waals surface area contributed by atoms with Gasteiger partial charge in [0.05, 0.1) is 12.5 Å². The maximum atomic E-state index is 12.4. The van der Waals surface area contributed by atoms with Crippen molar-refractivity contribution in [2.75, 3.05) is 24.3 Å². The molecule has 0 aliphatic heterocycles. The molecule has 0 unspecified atom stereocenters. The molecule has 0 bridgehead atoms. The van der Waals surface area contributed by atoms with Crippen LogP contribution < -0.4 is 21.9 Å². The Morgan fingerprint density at radius 1 is 1.29 bits per heavy atom. The standard InChI is InChI=1S/C19H22N4O5/c1-11-8-13(11)18(26)28-10-14(24)22(2)15-16(20)23(19(27)21-17(15)25)9-12-6-4-3-5-7-12/h3-7,11,13H,8-10,20H2,1-2H3,(H,21,25,27)/t11-,13-/m0/s1. The van der Waals surface area contributed by atoms with Crippen molar-refractivity contribution < 1.29 is 14.3 Å². The van der Waals surface area contributed by atoms with Crippen LogP contribution in [0.4, 0.5) is 11.5 Å². The molecule has 1 amide bonds. The molecule has 28 heavy (non-hydrogen) atoms. The Hall–Kier alpha value is -3.36. The molecular weight excluding hydrogens is 364 g/mol. The maximum Gasteiger partial charge on any atom is 0.330 e. The molecule has 2 atom stereocenters. The number of aromatic amines is 1. The Morgan fingerprint density at radius 2 is 1.93 bits per heavy atom. The lowest BCUT2D eigenvalue weighted by Crippen LogP contribution is -2.40. The predicted molar refractivity (Wildman–Crippen MR) is 103 cm³/mol. The third kappa shape index (κ3) is 3.98. The molecule has 1 aliphatic carbocycles. The van der Waals surface area contributed by atoms with Crippen LogP contribution in [0.25, 0.3) is 0 Å². The number of H-pyrrole nitrogens is 1. The molecule has 1 fully saturated rings. The molecule has 3 N–H and O–H groups in total. The second kappa shape index (κ2) is 7.71. The van der Waals surface area contributed by atoms with Crippen LogP contribution in [0.15, 0.2) is 39.9 Å². The van der Waals surface area contributed by atoms with Crippen LogP contribution in [0.2, 0.25) is 0 Å². The van der Waals surface area contributed by atoms with E-state index >= 15 is 0 Å². The average molecular weight is 386 g/mol. The molecule has 1 aromatic carbocycles. The van der Waals surface area contributed by atoms with E-state index in [9.17, 15) is 19.2 Å². The summed E-state index contributed by atoms with van der Waals surface area (Å²) in [5.74, 6) is -1.09. The molecule has 1 aliphatic rings. The zero-order valence-corrected chi connectivity index (χ0v) is 15.7. The molecule has 1 saturated carbocycles. The summed E-state index contributed by atoms with van der Waals surface area (Å²) in [6, 6.07) is 9.08. The molecule has 148 valence electrons. The highest BCUT2D eigenvalue weighted by atomic mass is 16.5. The Bertz CT molecular complexity index is 1010. The fourth-order valence-corrected chi connectivity index (χ4v) is 2.94. The van der Waals surface area contributed by atoms with E-state index in [0.717, 1.165) is 16.9 Å². The number of anilines is 2. The molecule has 0 saturated heterocycles. The number of hydrogen-bond acceptors (Lipinski definition) is 6. The third-order valence-corrected chi connectivity index (χ3v) is 4.86. The van der Waals surface area contributed by atoms with Gasteiger partial charge in [0.1, 0.15) is 5.82 Å². The first-order chi connectivity index (χ1) is 13.3. The van der Waals surface area contributed by atoms with Crippen LogP contribution in [0.5, 0.6) is 0 Å². The van der Waals surface area contributed by atoms with Crippen molar-refractivity contribution in [2.24, 2.45) is 11.8 Å². The van der Waals surface area contributed by atoms with Crippen molar-refractivity contribution in [2.45, 2.75) is 19.9 Å². The van der Waals surface area contributed by atoms with E-state index in [1.165, 1.54) is 11.6 Å². The maximum absolute atomic E-state index is 12.4. The largest absolute Gasteiger partial charge is 0.455 e. The fourth-order valence-electron chi connectivity index (χ4n) is 2.94. The summed E-state index contributed by atoms with van der Waals surface area (Å²) in [5, 5.41) is 0. The fraction of sp³-hybridized carbons (Fsp3) is 0.368. The van der Waals surface area contributed by atoms with Gasteiger partial charge in [-0.15, -0.1) is 0 Å². The second-order valence-electron chi connectivity index (χ2n) is 6.94. The molecule has 1 aromatic heterocycles. The number of benzene rings is 1. The molecular formula is C19H22N4O5. The van der Waals surface area contributed by atoms with E-state index in [0.29, 0.717) is 0 Å². The van der Waals surface area contributed by atoms with E-state index in [4.69, 9.17) is 10.5 Å². The van der Waals surface area contributed by atoms with Gasteiger partial charge in [-0.1, -0.05) is 37.3 Å². The monoisotopic (exact) mass is 386 g/mol. The van der Waals surface area contributed by atoms with Crippen molar-refractivity contribution in [3.05, 3.63) is 56.7 Å². The number of amides is 1. The van der Waals surface area contributed by atoms with Gasteiger partial charge in [0.25, 0.3) is 11.5 Å². The summed E-state index contributed by atoms with van der Waals surface area (Å²) < 4.78 is 6.19. The first-order valence-electron chi connectivity index (χ1n) is 8.89. The average Bonchev–Trinajstić information content (AvgIpc) is 3.40. The number of rotatable bonds is 6. The Morgan fingerprint density at radius 3 is 2.54 bits per heavy atom. The van der Waals surface area contributed by atoms with Gasteiger partial charge >= 0.3 is 11.7 Å². The normalized spacial score (nSPS) is 17.8. The molecule has 9 heteroatoms. The van der Waals surface area contributed by atoms with E-state index in [2.05, 4.69) is 4.98 Å². The second-order valence-corrected chi connectivity index (χ2v) is 6.94. The highest BCUT2D eigenvalue weighted by Gasteiger charge is 2.40. The predicted octanol–water partition coefficient (Wildman–Crippen LogP) is 0.329. The quantitative estimate of drug-likeness (QED) is 0.689. The Labute approximate surface area is 160 Å². The lowest BCUT2D eigenvalue weighted by Gasteiger charge is -2.20. The first kappa shape index (κ1) is 19.4. The number of nitrogens with two attached hydrogens (primary N) is 1. The van der Waals surface area contributed by atoms with Gasteiger partial charge in [-0.3, -0.25) is 23.9 Å². The van der Waals surface area contributed by atoms with Gasteiger partial charge in [-0.05, 0) is 17.9 Å². The summed E-state index contributed by atoms with van der Waals surface area (Å²) in [6.45, 7) is 1.55. The van der Waals surface area contributed by atoms with Gasteiger partial charge in [0, 0.05) is 7.05 Å². The van der Waals surface area contributed by atoms with Crippen LogP contribution >= 0.6 is 0 Å². The summed E-state index contributed by atoms with van der Waals surface area (Å²) in [5.41, 5.74) is 5.21. The number of nitrogen functional groups attached to an aromatic ring is 1. The van der Waals surface area contributed by atoms with Crippen molar-refractivity contribution in [3.63, 3.8) is 0 Å². The van der Waals surface area contributed by atoms with Crippen molar-refractivity contribution in [1.29, 1.82) is 0 Å². The number of nitrogens with zero attached hydrogens (tertiary/aromatic N) is 2. The van der Waals surface area contributed by atoms with E-state index in [1.807, 2.05) is 37.3 Å². The van der Waals surface area contributed by atoms with Gasteiger partial charge in [-0.2, -0.15) is 0 Å². The third-order valence-electron chi connectivity index (χ3n) is 4.86. The number of ether oxygens (including phenoxy) is 1. The van der Waals surface area contributed by atoms with Crippen molar-refractivity contribution >= 4 is 23.4 Å². The zero-order chi connectivity index (χ0) is 20.4. The minimum Gasteiger partial charge on any atom is -0.455 e. The van der Waals surface area contributed by atoms with Gasteiger partial charge in [-0.25, -0.2) is 4.79 Å². The summed E-state index contributed by atoms with van der Waals surface area (Å²) in [7, 11) is 1.34. The molecule has 9 nitrogen and oxygen atoms in total. The molecule has 0 radical (unpaired) electrons. The number of aromatic nitrogens is 2. The van der Waals surface area contributed by atoms with Crippen LogP contribution in [-0.4, -0.2) is 35.1 Å². The van der Waals surface area contributed by atoms with Crippen molar-refractivity contribution in [1.82, 2.24) is 9.55 Å². The minimum atomic E-state index is -0.787. The minimum absolute atomic E-state index is 0.131. The van der Waals surface area contributed by atoms with Gasteiger partial charge < -0.3 is 15.4 Å². The topological polar surface area (TPSA) is 127 Å². The molecule has 3 rings (SSSR count). The first-order valence-corrected chi connectivity index (χ1v) is 8.89. The highest BCUT2D eigenvalue weighted by Crippen LogP contribution is 2.38.